The Hall–Kier alpha value is -1.03. The van der Waals surface area contributed by atoms with Gasteiger partial charge in [-0.25, -0.2) is 14.4 Å². The summed E-state index contributed by atoms with van der Waals surface area (Å²) in [5.41, 5.74) is 0.0173. The van der Waals surface area contributed by atoms with E-state index in [2.05, 4.69) is 14.9 Å². The molecule has 1 aromatic heterocycles. The Morgan fingerprint density at radius 1 is 1.47 bits per heavy atom. The molecule has 0 spiro atoms. The summed E-state index contributed by atoms with van der Waals surface area (Å²) in [5, 5.41) is 0. The highest BCUT2D eigenvalue weighted by Crippen LogP contribution is 2.25. The fourth-order valence-corrected chi connectivity index (χ4v) is 2.10. The normalized spacial score (nSPS) is 27.9. The van der Waals surface area contributed by atoms with Crippen molar-refractivity contribution in [3.63, 3.8) is 0 Å². The van der Waals surface area contributed by atoms with Gasteiger partial charge in [0.2, 0.25) is 0 Å². The van der Waals surface area contributed by atoms with E-state index in [1.54, 1.807) is 19.3 Å². The minimum absolute atomic E-state index is 0.516. The van der Waals surface area contributed by atoms with Crippen LogP contribution in [0.5, 0.6) is 0 Å². The lowest BCUT2D eigenvalue weighted by Crippen LogP contribution is -2.42. The fourth-order valence-electron chi connectivity index (χ4n) is 2.10. The van der Waals surface area contributed by atoms with E-state index in [4.69, 9.17) is 0 Å². The van der Waals surface area contributed by atoms with Crippen molar-refractivity contribution in [1.29, 1.82) is 0 Å². The summed E-state index contributed by atoms with van der Waals surface area (Å²) in [4.78, 5) is 10.0. The Balaban J connectivity index is 1.95. The van der Waals surface area contributed by atoms with E-state index >= 15 is 0 Å². The van der Waals surface area contributed by atoms with Crippen LogP contribution in [0, 0.1) is 0 Å². The van der Waals surface area contributed by atoms with Crippen LogP contribution < -0.4 is 0 Å². The van der Waals surface area contributed by atoms with Gasteiger partial charge in [0, 0.05) is 31.0 Å². The Morgan fingerprint density at radius 3 is 2.87 bits per heavy atom. The molecule has 0 aliphatic carbocycles. The van der Waals surface area contributed by atoms with Crippen LogP contribution in [0.15, 0.2) is 18.7 Å². The van der Waals surface area contributed by atoms with Gasteiger partial charge in [0.05, 0.1) is 0 Å². The minimum atomic E-state index is -1.03. The van der Waals surface area contributed by atoms with E-state index in [0.29, 0.717) is 13.0 Å². The molecule has 0 saturated carbocycles. The van der Waals surface area contributed by atoms with Gasteiger partial charge < -0.3 is 0 Å². The van der Waals surface area contributed by atoms with Gasteiger partial charge in [-0.15, -0.1) is 0 Å². The zero-order valence-electron chi connectivity index (χ0n) is 8.99. The molecule has 1 saturated heterocycles. The molecule has 2 rings (SSSR count). The van der Waals surface area contributed by atoms with E-state index < -0.39 is 5.67 Å². The predicted octanol–water partition coefficient (Wildman–Crippen LogP) is 1.80. The van der Waals surface area contributed by atoms with Crippen LogP contribution in [-0.2, 0) is 6.54 Å². The third-order valence-electron chi connectivity index (χ3n) is 2.75. The average Bonchev–Trinajstić information content (AvgIpc) is 2.17. The number of hydrogen-bond acceptors (Lipinski definition) is 3. The van der Waals surface area contributed by atoms with Crippen molar-refractivity contribution >= 4 is 0 Å². The molecule has 82 valence electrons. The topological polar surface area (TPSA) is 29.0 Å². The maximum Gasteiger partial charge on any atom is 0.120 e. The summed E-state index contributed by atoms with van der Waals surface area (Å²) >= 11 is 0. The van der Waals surface area contributed by atoms with Crippen LogP contribution >= 0.6 is 0 Å². The van der Waals surface area contributed by atoms with Crippen molar-refractivity contribution in [2.45, 2.75) is 32.0 Å². The summed E-state index contributed by atoms with van der Waals surface area (Å²) in [6, 6.07) is 0. The molecular weight excluding hydrogens is 193 g/mol. The molecule has 0 N–H and O–H groups in total. The standard InChI is InChI=1S/C11H16FN3/c1-11(12)3-2-4-15(8-11)7-10-5-13-9-14-6-10/h5-6,9H,2-4,7-8H2,1H3. The van der Waals surface area contributed by atoms with Crippen molar-refractivity contribution in [1.82, 2.24) is 14.9 Å². The SMILES string of the molecule is CC1(F)CCCN(Cc2cncnc2)C1. The van der Waals surface area contributed by atoms with Gasteiger partial charge in [-0.2, -0.15) is 0 Å². The summed E-state index contributed by atoms with van der Waals surface area (Å²) in [6.07, 6.45) is 6.70. The van der Waals surface area contributed by atoms with E-state index in [1.165, 1.54) is 6.33 Å². The Kier molecular flexibility index (Phi) is 2.95. The second-order valence-electron chi connectivity index (χ2n) is 4.47. The van der Waals surface area contributed by atoms with Crippen LogP contribution in [-0.4, -0.2) is 33.6 Å². The van der Waals surface area contributed by atoms with Crippen molar-refractivity contribution in [3.8, 4) is 0 Å². The number of likely N-dealkylation sites (tertiary alicyclic amines) is 1. The molecule has 0 amide bonds. The molecule has 1 aliphatic rings. The quantitative estimate of drug-likeness (QED) is 0.743. The molecule has 0 radical (unpaired) electrons. The highest BCUT2D eigenvalue weighted by molar-refractivity contribution is 5.02. The minimum Gasteiger partial charge on any atom is -0.296 e. The number of nitrogens with zero attached hydrogens (tertiary/aromatic N) is 3. The first-order chi connectivity index (χ1) is 7.16. The Labute approximate surface area is 89.3 Å². The zero-order chi connectivity index (χ0) is 10.7. The second-order valence-corrected chi connectivity index (χ2v) is 4.47. The maximum atomic E-state index is 13.8. The van der Waals surface area contributed by atoms with E-state index in [0.717, 1.165) is 25.1 Å². The number of halogens is 1. The third-order valence-corrected chi connectivity index (χ3v) is 2.75. The number of aromatic nitrogens is 2. The number of piperidine rings is 1. The summed E-state index contributed by atoms with van der Waals surface area (Å²) < 4.78 is 13.8. The molecule has 1 unspecified atom stereocenters. The molecule has 0 aromatic carbocycles. The van der Waals surface area contributed by atoms with Crippen LogP contribution in [0.25, 0.3) is 0 Å². The number of alkyl halides is 1. The fraction of sp³-hybridized carbons (Fsp3) is 0.636. The van der Waals surface area contributed by atoms with Gasteiger partial charge >= 0.3 is 0 Å². The average molecular weight is 209 g/mol. The molecular formula is C11H16FN3. The van der Waals surface area contributed by atoms with Crippen LogP contribution in [0.3, 0.4) is 0 Å². The van der Waals surface area contributed by atoms with Gasteiger partial charge in [0.15, 0.2) is 0 Å². The first-order valence-electron chi connectivity index (χ1n) is 5.31. The molecule has 1 fully saturated rings. The molecule has 3 nitrogen and oxygen atoms in total. The van der Waals surface area contributed by atoms with Crippen LogP contribution in [0.1, 0.15) is 25.3 Å². The lowest BCUT2D eigenvalue weighted by molar-refractivity contribution is 0.0562. The van der Waals surface area contributed by atoms with Crippen molar-refractivity contribution < 1.29 is 4.39 Å². The van der Waals surface area contributed by atoms with Gasteiger partial charge in [-0.3, -0.25) is 4.90 Å². The summed E-state index contributed by atoms with van der Waals surface area (Å²) in [5.74, 6) is 0. The second kappa shape index (κ2) is 4.23. The number of rotatable bonds is 2. The van der Waals surface area contributed by atoms with Crippen molar-refractivity contribution in [2.75, 3.05) is 13.1 Å². The smallest absolute Gasteiger partial charge is 0.120 e. The lowest BCUT2D eigenvalue weighted by atomic mass is 9.97. The first kappa shape index (κ1) is 10.5. The molecule has 4 heteroatoms. The van der Waals surface area contributed by atoms with Crippen LogP contribution in [0.2, 0.25) is 0 Å². The van der Waals surface area contributed by atoms with Gasteiger partial charge in [0.1, 0.15) is 12.0 Å². The summed E-state index contributed by atoms with van der Waals surface area (Å²) in [6.45, 7) is 3.91. The van der Waals surface area contributed by atoms with Gasteiger partial charge in [0.25, 0.3) is 0 Å². The largest absolute Gasteiger partial charge is 0.296 e. The zero-order valence-corrected chi connectivity index (χ0v) is 8.99. The lowest BCUT2D eigenvalue weighted by Gasteiger charge is -2.34. The monoisotopic (exact) mass is 209 g/mol. The van der Waals surface area contributed by atoms with Crippen molar-refractivity contribution in [2.24, 2.45) is 0 Å². The predicted molar refractivity (Wildman–Crippen MR) is 56.1 cm³/mol. The highest BCUT2D eigenvalue weighted by Gasteiger charge is 2.30. The Bertz CT molecular complexity index is 313. The molecule has 1 atom stereocenters. The van der Waals surface area contributed by atoms with Crippen molar-refractivity contribution in [3.05, 3.63) is 24.3 Å². The summed E-state index contributed by atoms with van der Waals surface area (Å²) in [7, 11) is 0. The maximum absolute atomic E-state index is 13.8. The molecule has 1 aliphatic heterocycles. The van der Waals surface area contributed by atoms with E-state index in [-0.39, 0.29) is 0 Å². The molecule has 0 bridgehead atoms. The Morgan fingerprint density at radius 2 is 2.20 bits per heavy atom. The highest BCUT2D eigenvalue weighted by atomic mass is 19.1. The molecule has 2 heterocycles. The first-order valence-corrected chi connectivity index (χ1v) is 5.31. The number of hydrogen-bond donors (Lipinski definition) is 0. The van der Waals surface area contributed by atoms with E-state index in [9.17, 15) is 4.39 Å². The third kappa shape index (κ3) is 2.96. The molecule has 1 aromatic rings. The molecule has 15 heavy (non-hydrogen) atoms. The van der Waals surface area contributed by atoms with Crippen LogP contribution in [0.4, 0.5) is 4.39 Å². The van der Waals surface area contributed by atoms with Gasteiger partial charge in [-0.1, -0.05) is 0 Å². The van der Waals surface area contributed by atoms with E-state index in [1.807, 2.05) is 0 Å². The van der Waals surface area contributed by atoms with Gasteiger partial charge in [-0.05, 0) is 26.3 Å².